The maximum absolute atomic E-state index is 12.1. The number of benzene rings is 2. The van der Waals surface area contributed by atoms with Gasteiger partial charge in [-0.2, -0.15) is 5.10 Å². The van der Waals surface area contributed by atoms with Gasteiger partial charge in [0.15, 0.2) is 0 Å². The van der Waals surface area contributed by atoms with Crippen molar-refractivity contribution in [3.8, 4) is 11.3 Å². The zero-order valence-corrected chi connectivity index (χ0v) is 19.7. The Morgan fingerprint density at radius 2 is 1.94 bits per heavy atom. The summed E-state index contributed by atoms with van der Waals surface area (Å²) >= 11 is 0. The molecule has 1 aromatic heterocycles. The minimum absolute atomic E-state index is 0.207. The number of fused-ring (bicyclic) bond motifs is 4. The van der Waals surface area contributed by atoms with Gasteiger partial charge in [-0.25, -0.2) is 13.1 Å². The minimum atomic E-state index is -3.15. The fourth-order valence-corrected chi connectivity index (χ4v) is 6.70. The van der Waals surface area contributed by atoms with Crippen LogP contribution in [0.15, 0.2) is 48.5 Å². The average Bonchev–Trinajstić information content (AvgIpc) is 3.19. The Hall–Kier alpha value is -2.22. The molecule has 0 spiro atoms. The molecule has 2 aromatic carbocycles. The second-order valence-corrected chi connectivity index (χ2v) is 11.3. The molecule has 4 atom stereocenters. The Labute approximate surface area is 190 Å². The van der Waals surface area contributed by atoms with E-state index in [0.29, 0.717) is 30.8 Å². The molecule has 7 heteroatoms. The normalized spacial score (nSPS) is 25.4. The molecule has 0 amide bonds. The van der Waals surface area contributed by atoms with Crippen LogP contribution in [-0.2, 0) is 17.1 Å². The van der Waals surface area contributed by atoms with Crippen LogP contribution in [0.25, 0.3) is 22.0 Å². The largest absolute Gasteiger partial charge is 0.298 e. The van der Waals surface area contributed by atoms with Crippen molar-refractivity contribution in [2.24, 2.45) is 13.0 Å². The number of aryl methyl sites for hydroxylation is 1. The zero-order valence-electron chi connectivity index (χ0n) is 18.9. The number of piperidine rings is 3. The van der Waals surface area contributed by atoms with E-state index in [1.54, 1.807) is 0 Å². The maximum Gasteiger partial charge on any atom is 0.211 e. The van der Waals surface area contributed by atoms with Crippen LogP contribution in [0.4, 0.5) is 0 Å². The van der Waals surface area contributed by atoms with Crippen LogP contribution < -0.4 is 4.72 Å². The first-order chi connectivity index (χ1) is 15.4. The predicted octanol–water partition coefficient (Wildman–Crippen LogP) is 3.75. The van der Waals surface area contributed by atoms with Crippen molar-refractivity contribution in [3.05, 3.63) is 54.2 Å². The van der Waals surface area contributed by atoms with Crippen LogP contribution in [0.3, 0.4) is 0 Å². The van der Waals surface area contributed by atoms with E-state index in [1.165, 1.54) is 22.9 Å². The first kappa shape index (κ1) is 21.6. The van der Waals surface area contributed by atoms with Crippen molar-refractivity contribution >= 4 is 20.8 Å². The van der Waals surface area contributed by atoms with Gasteiger partial charge in [-0.3, -0.25) is 9.58 Å². The molecule has 3 saturated heterocycles. The molecule has 2 bridgehead atoms. The maximum atomic E-state index is 12.1. The lowest BCUT2D eigenvalue weighted by Crippen LogP contribution is -2.56. The summed E-state index contributed by atoms with van der Waals surface area (Å²) in [5, 5.41) is 7.33. The van der Waals surface area contributed by atoms with Gasteiger partial charge in [-0.15, -0.1) is 0 Å². The van der Waals surface area contributed by atoms with Crippen LogP contribution in [0.2, 0.25) is 0 Å². The van der Waals surface area contributed by atoms with Gasteiger partial charge in [0.05, 0.1) is 11.4 Å². The Bertz CT molecular complexity index is 1220. The highest BCUT2D eigenvalue weighted by molar-refractivity contribution is 7.89. The zero-order chi connectivity index (χ0) is 22.3. The third-order valence-corrected chi connectivity index (χ3v) is 8.78. The van der Waals surface area contributed by atoms with Crippen LogP contribution in [0, 0.1) is 5.92 Å². The highest BCUT2D eigenvalue weighted by Gasteiger charge is 2.42. The fraction of sp³-hybridized carbons (Fsp3) is 0.480. The van der Waals surface area contributed by atoms with Crippen molar-refractivity contribution in [2.75, 3.05) is 25.4 Å². The van der Waals surface area contributed by atoms with Crippen molar-refractivity contribution in [2.45, 2.75) is 38.1 Å². The first-order valence-corrected chi connectivity index (χ1v) is 13.3. The second kappa shape index (κ2) is 8.61. The molecule has 6 nitrogen and oxygen atoms in total. The van der Waals surface area contributed by atoms with Crippen LogP contribution in [-0.4, -0.2) is 54.5 Å². The van der Waals surface area contributed by atoms with Gasteiger partial charge >= 0.3 is 0 Å². The summed E-state index contributed by atoms with van der Waals surface area (Å²) in [5.74, 6) is 1.22. The van der Waals surface area contributed by atoms with E-state index in [2.05, 4.69) is 62.8 Å². The van der Waals surface area contributed by atoms with Gasteiger partial charge in [-0.05, 0) is 54.6 Å². The van der Waals surface area contributed by atoms with E-state index in [1.807, 2.05) is 14.0 Å². The van der Waals surface area contributed by atoms with Crippen molar-refractivity contribution in [1.29, 1.82) is 0 Å². The van der Waals surface area contributed by atoms with E-state index in [0.717, 1.165) is 30.8 Å². The Morgan fingerprint density at radius 3 is 2.69 bits per heavy atom. The lowest BCUT2D eigenvalue weighted by molar-refractivity contribution is 0.0306. The standard InChI is InChI=1S/C25H32N4O2S/c1-3-12-32(30,31)26-16-22-14-20-10-11-29(22)17-23(20)25-15-24(27-28(25)2)21-9-8-18-6-4-5-7-19(18)13-21/h4-9,13,15,20,22-23,26H,3,10-12,14,16-17H2,1-2H3/t20-,22+,23-/m0/s1. The summed E-state index contributed by atoms with van der Waals surface area (Å²) in [6.45, 7) is 4.45. The molecule has 32 heavy (non-hydrogen) atoms. The highest BCUT2D eigenvalue weighted by atomic mass is 32.2. The molecule has 0 radical (unpaired) electrons. The average molecular weight is 453 g/mol. The second-order valence-electron chi connectivity index (χ2n) is 9.35. The van der Waals surface area contributed by atoms with E-state index in [9.17, 15) is 8.42 Å². The van der Waals surface area contributed by atoms with Gasteiger partial charge in [0.1, 0.15) is 0 Å². The monoisotopic (exact) mass is 452 g/mol. The number of rotatable bonds is 7. The molecule has 3 aromatic rings. The van der Waals surface area contributed by atoms with Crippen LogP contribution in [0.5, 0.6) is 0 Å². The van der Waals surface area contributed by atoms with Crippen molar-refractivity contribution in [1.82, 2.24) is 19.4 Å². The Kier molecular flexibility index (Phi) is 5.82. The molecule has 0 aliphatic carbocycles. The molecule has 170 valence electrons. The number of nitrogens with zero attached hydrogens (tertiary/aromatic N) is 3. The topological polar surface area (TPSA) is 67.2 Å². The predicted molar refractivity (Wildman–Crippen MR) is 129 cm³/mol. The summed E-state index contributed by atoms with van der Waals surface area (Å²) in [4.78, 5) is 2.47. The molecular formula is C25H32N4O2S. The molecule has 3 fully saturated rings. The Balaban J connectivity index is 1.33. The molecule has 3 aliphatic rings. The third kappa shape index (κ3) is 4.21. The van der Waals surface area contributed by atoms with Crippen molar-refractivity contribution in [3.63, 3.8) is 0 Å². The van der Waals surface area contributed by atoms with Crippen LogP contribution >= 0.6 is 0 Å². The summed E-state index contributed by atoms with van der Waals surface area (Å²) in [6, 6.07) is 17.5. The van der Waals surface area contributed by atoms with E-state index in [-0.39, 0.29) is 5.75 Å². The van der Waals surface area contributed by atoms with Gasteiger partial charge in [0, 0.05) is 43.4 Å². The minimum Gasteiger partial charge on any atom is -0.298 e. The summed E-state index contributed by atoms with van der Waals surface area (Å²) in [5.41, 5.74) is 3.46. The highest BCUT2D eigenvalue weighted by Crippen LogP contribution is 2.42. The van der Waals surface area contributed by atoms with Gasteiger partial charge < -0.3 is 0 Å². The van der Waals surface area contributed by atoms with E-state index >= 15 is 0 Å². The molecule has 1 N–H and O–H groups in total. The summed E-state index contributed by atoms with van der Waals surface area (Å²) in [6.07, 6.45) is 2.85. The van der Waals surface area contributed by atoms with Gasteiger partial charge in [0.2, 0.25) is 10.0 Å². The SMILES string of the molecule is CCCS(=O)(=O)NC[C@H]1C[C@@H]2CCN1C[C@@H]2c1cc(-c2ccc3ccccc3c2)nn1C. The first-order valence-electron chi connectivity index (χ1n) is 11.7. The van der Waals surface area contributed by atoms with E-state index in [4.69, 9.17) is 5.10 Å². The molecular weight excluding hydrogens is 420 g/mol. The van der Waals surface area contributed by atoms with Crippen LogP contribution in [0.1, 0.15) is 37.8 Å². The number of aromatic nitrogens is 2. The number of nitrogens with one attached hydrogen (secondary N) is 1. The fourth-order valence-electron chi connectivity index (χ4n) is 5.57. The van der Waals surface area contributed by atoms with Gasteiger partial charge in [-0.1, -0.05) is 43.3 Å². The third-order valence-electron chi connectivity index (χ3n) is 7.23. The molecule has 4 heterocycles. The van der Waals surface area contributed by atoms with Crippen molar-refractivity contribution < 1.29 is 8.42 Å². The lowest BCUT2D eigenvalue weighted by atomic mass is 9.74. The lowest BCUT2D eigenvalue weighted by Gasteiger charge is -2.49. The number of hydrogen-bond acceptors (Lipinski definition) is 4. The molecule has 3 aliphatic heterocycles. The molecule has 1 unspecified atom stereocenters. The number of hydrogen-bond donors (Lipinski definition) is 1. The summed E-state index contributed by atoms with van der Waals surface area (Å²) in [7, 11) is -1.10. The molecule has 6 rings (SSSR count). The molecule has 0 saturated carbocycles. The number of sulfonamides is 1. The van der Waals surface area contributed by atoms with E-state index < -0.39 is 10.0 Å². The Morgan fingerprint density at radius 1 is 1.12 bits per heavy atom. The smallest absolute Gasteiger partial charge is 0.211 e. The summed E-state index contributed by atoms with van der Waals surface area (Å²) < 4.78 is 29.1. The van der Waals surface area contributed by atoms with Gasteiger partial charge in [0.25, 0.3) is 0 Å². The quantitative estimate of drug-likeness (QED) is 0.593.